The van der Waals surface area contributed by atoms with Gasteiger partial charge in [-0.2, -0.15) is 18.2 Å². The van der Waals surface area contributed by atoms with Crippen LogP contribution in [0.3, 0.4) is 0 Å². The Hall–Kier alpha value is -3.71. The van der Waals surface area contributed by atoms with Crippen LogP contribution in [0.15, 0.2) is 64.0 Å². The maximum atomic E-state index is 13.2. The van der Waals surface area contributed by atoms with Gasteiger partial charge in [0, 0.05) is 34.6 Å². The Morgan fingerprint density at radius 1 is 1.22 bits per heavy atom. The summed E-state index contributed by atoms with van der Waals surface area (Å²) in [6, 6.07) is 10.6. The van der Waals surface area contributed by atoms with Crippen molar-refractivity contribution in [2.75, 3.05) is 30.1 Å². The number of aromatic nitrogens is 2. The summed E-state index contributed by atoms with van der Waals surface area (Å²) in [5, 5.41) is 15.4. The summed E-state index contributed by atoms with van der Waals surface area (Å²) in [7, 11) is -3.02. The van der Waals surface area contributed by atoms with Crippen molar-refractivity contribution in [3.05, 3.63) is 60.3 Å². The van der Waals surface area contributed by atoms with Crippen molar-refractivity contribution in [3.8, 4) is 11.1 Å². The number of nitrogens with zero attached hydrogens (tertiary/aromatic N) is 3. The third kappa shape index (κ3) is 7.40. The molecule has 1 unspecified atom stereocenters. The molecule has 0 radical (unpaired) electrons. The predicted octanol–water partition coefficient (Wildman–Crippen LogP) is 5.31. The van der Waals surface area contributed by atoms with E-state index in [9.17, 15) is 27.3 Å². The summed E-state index contributed by atoms with van der Waals surface area (Å²) < 4.78 is 60.8. The molecule has 0 spiro atoms. The normalized spacial score (nSPS) is 13.8. The molecule has 1 heterocycles. The number of amides is 1. The largest absolute Gasteiger partial charge is 0.448 e. The van der Waals surface area contributed by atoms with Crippen molar-refractivity contribution in [2.45, 2.75) is 31.0 Å². The number of hydrogen-bond donors (Lipinski definition) is 3. The lowest BCUT2D eigenvalue weighted by atomic mass is 10.0. The summed E-state index contributed by atoms with van der Waals surface area (Å²) in [4.78, 5) is 20.5. The maximum Gasteiger partial charge on any atom is 0.442 e. The van der Waals surface area contributed by atoms with Gasteiger partial charge in [-0.05, 0) is 55.8 Å². The maximum absolute atomic E-state index is 13.2. The number of carbonyl (C=O) groups is 1. The standard InChI is InChI=1S/C24H26F3N5O4S/c1-4-36-23(34)32-37(3,35)19-10-8-18(9-11-19)30-22-28-13-20(21(31-22)29-15(2)14-33)16-6-5-7-17(12-16)24(25,26)27/h5-13,15,33H,4,14H2,1-3H3,(H2,28,29,30,31)/t15-,37?/m1/s1. The van der Waals surface area contributed by atoms with Gasteiger partial charge in [0.2, 0.25) is 5.95 Å². The fraction of sp³-hybridized carbons (Fsp3) is 0.292. The number of benzene rings is 2. The van der Waals surface area contributed by atoms with Gasteiger partial charge in [-0.1, -0.05) is 12.1 Å². The summed E-state index contributed by atoms with van der Waals surface area (Å²) in [6.07, 6.45) is -2.73. The first-order valence-corrected chi connectivity index (χ1v) is 13.0. The van der Waals surface area contributed by atoms with Gasteiger partial charge in [-0.3, -0.25) is 0 Å². The molecule has 0 aliphatic heterocycles. The van der Waals surface area contributed by atoms with Crippen molar-refractivity contribution in [3.63, 3.8) is 0 Å². The molecule has 3 N–H and O–H groups in total. The molecule has 37 heavy (non-hydrogen) atoms. The second-order valence-electron chi connectivity index (χ2n) is 8.00. The van der Waals surface area contributed by atoms with Crippen LogP contribution in [0.5, 0.6) is 0 Å². The van der Waals surface area contributed by atoms with Crippen molar-refractivity contribution in [1.29, 1.82) is 0 Å². The van der Waals surface area contributed by atoms with E-state index in [-0.39, 0.29) is 30.5 Å². The minimum absolute atomic E-state index is 0.112. The molecule has 0 fully saturated rings. The number of ether oxygens (including phenoxy) is 1. The van der Waals surface area contributed by atoms with Crippen molar-refractivity contribution >= 4 is 33.3 Å². The molecule has 3 rings (SSSR count). The molecule has 0 bridgehead atoms. The highest BCUT2D eigenvalue weighted by Crippen LogP contribution is 2.34. The van der Waals surface area contributed by atoms with Gasteiger partial charge in [0.05, 0.1) is 28.5 Å². The fourth-order valence-corrected chi connectivity index (χ4v) is 4.25. The van der Waals surface area contributed by atoms with Crippen LogP contribution in [0, 0.1) is 0 Å². The molecular weight excluding hydrogens is 511 g/mol. The van der Waals surface area contributed by atoms with Gasteiger partial charge in [-0.15, -0.1) is 4.36 Å². The molecule has 1 amide bonds. The van der Waals surface area contributed by atoms with Crippen LogP contribution in [0.1, 0.15) is 19.4 Å². The predicted molar refractivity (Wildman–Crippen MR) is 134 cm³/mol. The molecule has 2 aromatic carbocycles. The van der Waals surface area contributed by atoms with Crippen molar-refractivity contribution in [1.82, 2.24) is 9.97 Å². The minimum Gasteiger partial charge on any atom is -0.448 e. The van der Waals surface area contributed by atoms with Gasteiger partial charge in [-0.25, -0.2) is 14.0 Å². The van der Waals surface area contributed by atoms with E-state index in [1.165, 1.54) is 36.7 Å². The Morgan fingerprint density at radius 3 is 2.54 bits per heavy atom. The quantitative estimate of drug-likeness (QED) is 0.353. The SMILES string of the molecule is CCOC(=O)N=S(C)(=O)c1ccc(Nc2ncc(-c3cccc(C(F)(F)F)c3)c(N[C@H](C)CO)n2)cc1. The molecule has 0 aliphatic carbocycles. The Morgan fingerprint density at radius 2 is 1.92 bits per heavy atom. The average Bonchev–Trinajstić information content (AvgIpc) is 2.84. The number of rotatable bonds is 8. The molecular formula is C24H26F3N5O4S. The van der Waals surface area contributed by atoms with Gasteiger partial charge in [0.25, 0.3) is 0 Å². The topological polar surface area (TPSA) is 126 Å². The molecule has 0 saturated heterocycles. The van der Waals surface area contributed by atoms with Crippen LogP contribution in [0.25, 0.3) is 11.1 Å². The van der Waals surface area contributed by atoms with E-state index in [2.05, 4.69) is 25.0 Å². The number of aliphatic hydroxyl groups excluding tert-OH is 1. The number of carbonyl (C=O) groups excluding carboxylic acids is 1. The highest BCUT2D eigenvalue weighted by atomic mass is 32.2. The van der Waals surface area contributed by atoms with E-state index in [1.807, 2.05) is 0 Å². The number of aliphatic hydroxyl groups is 1. The van der Waals surface area contributed by atoms with Crippen LogP contribution < -0.4 is 10.6 Å². The Labute approximate surface area is 212 Å². The summed E-state index contributed by atoms with van der Waals surface area (Å²) in [5.41, 5.74) is 0.277. The van der Waals surface area contributed by atoms with Crippen LogP contribution >= 0.6 is 0 Å². The van der Waals surface area contributed by atoms with Crippen molar-refractivity contribution in [2.24, 2.45) is 4.36 Å². The molecule has 0 saturated carbocycles. The molecule has 2 atom stereocenters. The lowest BCUT2D eigenvalue weighted by Gasteiger charge is -2.17. The molecule has 1 aromatic heterocycles. The molecule has 0 aliphatic rings. The highest BCUT2D eigenvalue weighted by Gasteiger charge is 2.30. The van der Waals surface area contributed by atoms with Crippen LogP contribution in [0.4, 0.5) is 35.4 Å². The lowest BCUT2D eigenvalue weighted by molar-refractivity contribution is -0.137. The number of hydrogen-bond acceptors (Lipinski definition) is 8. The second kappa shape index (κ2) is 11.6. The van der Waals surface area contributed by atoms with E-state index < -0.39 is 33.6 Å². The molecule has 198 valence electrons. The third-order valence-corrected chi connectivity index (χ3v) is 6.66. The van der Waals surface area contributed by atoms with Gasteiger partial charge < -0.3 is 20.5 Å². The first-order chi connectivity index (χ1) is 17.4. The highest BCUT2D eigenvalue weighted by molar-refractivity contribution is 7.93. The zero-order valence-electron chi connectivity index (χ0n) is 20.2. The second-order valence-corrected chi connectivity index (χ2v) is 10.3. The lowest BCUT2D eigenvalue weighted by Crippen LogP contribution is -2.21. The van der Waals surface area contributed by atoms with Crippen molar-refractivity contribution < 1.29 is 32.0 Å². The van der Waals surface area contributed by atoms with E-state index in [1.54, 1.807) is 26.0 Å². The van der Waals surface area contributed by atoms with E-state index in [4.69, 9.17) is 4.74 Å². The molecule has 3 aromatic rings. The number of anilines is 3. The monoisotopic (exact) mass is 537 g/mol. The van der Waals surface area contributed by atoms with Gasteiger partial charge in [0.15, 0.2) is 0 Å². The number of nitrogens with one attached hydrogen (secondary N) is 2. The number of alkyl halides is 3. The van der Waals surface area contributed by atoms with E-state index in [0.717, 1.165) is 12.1 Å². The summed E-state index contributed by atoms with van der Waals surface area (Å²) in [5.74, 6) is 0.351. The van der Waals surface area contributed by atoms with Gasteiger partial charge in [0.1, 0.15) is 5.82 Å². The molecule has 9 nitrogen and oxygen atoms in total. The van der Waals surface area contributed by atoms with Crippen LogP contribution in [-0.4, -0.2) is 50.9 Å². The first kappa shape index (κ1) is 27.9. The first-order valence-electron chi connectivity index (χ1n) is 11.1. The Bertz CT molecular complexity index is 1370. The van der Waals surface area contributed by atoms with E-state index >= 15 is 0 Å². The minimum atomic E-state index is -4.51. The van der Waals surface area contributed by atoms with Gasteiger partial charge >= 0.3 is 12.3 Å². The molecule has 13 heteroatoms. The van der Waals surface area contributed by atoms with Crippen LogP contribution in [-0.2, 0) is 20.6 Å². The Kier molecular flexibility index (Phi) is 8.71. The van der Waals surface area contributed by atoms with Crippen LogP contribution in [0.2, 0.25) is 0 Å². The fourth-order valence-electron chi connectivity index (χ4n) is 3.17. The summed E-state index contributed by atoms with van der Waals surface area (Å²) >= 11 is 0. The summed E-state index contributed by atoms with van der Waals surface area (Å²) in [6.45, 7) is 3.18. The number of halogens is 3. The smallest absolute Gasteiger partial charge is 0.442 e. The van der Waals surface area contributed by atoms with E-state index in [0.29, 0.717) is 16.1 Å². The zero-order valence-corrected chi connectivity index (χ0v) is 21.1. The average molecular weight is 538 g/mol. The zero-order chi connectivity index (χ0) is 27.2. The third-order valence-electron chi connectivity index (χ3n) is 5.01. The Balaban J connectivity index is 1.91.